The molecule has 0 unspecified atom stereocenters. The molecule has 0 saturated carbocycles. The molecule has 4 nitrogen and oxygen atoms in total. The van der Waals surface area contributed by atoms with E-state index in [0.29, 0.717) is 16.6 Å². The van der Waals surface area contributed by atoms with E-state index >= 15 is 0 Å². The average Bonchev–Trinajstić information content (AvgIpc) is 2.33. The highest BCUT2D eigenvalue weighted by atomic mass is 79.9. The summed E-state index contributed by atoms with van der Waals surface area (Å²) in [6.45, 7) is 2.50. The van der Waals surface area contributed by atoms with Crippen molar-refractivity contribution in [1.29, 1.82) is 0 Å². The lowest BCUT2D eigenvalue weighted by molar-refractivity contribution is -0.118. The molecule has 1 aromatic rings. The second-order valence-electron chi connectivity index (χ2n) is 4.17. The summed E-state index contributed by atoms with van der Waals surface area (Å²) in [6.07, 6.45) is 1.79. The first-order valence-corrected chi connectivity index (χ1v) is 7.57. The Morgan fingerprint density at radius 2 is 2.00 bits per heavy atom. The molecule has 6 heteroatoms. The first-order chi connectivity index (χ1) is 8.95. The molecule has 0 radical (unpaired) electrons. The van der Waals surface area contributed by atoms with Crippen LogP contribution in [0, 0.1) is 0 Å². The minimum absolute atomic E-state index is 0.0542. The molecule has 2 amide bonds. The van der Waals surface area contributed by atoms with E-state index in [-0.39, 0.29) is 12.5 Å². The minimum atomic E-state index is -0.502. The summed E-state index contributed by atoms with van der Waals surface area (Å²) in [5.41, 5.74) is 5.72. The molecule has 0 bridgehead atoms. The quantitative estimate of drug-likeness (QED) is 0.810. The van der Waals surface area contributed by atoms with Crippen LogP contribution < -0.4 is 5.73 Å². The number of halogens is 2. The molecule has 1 rings (SSSR count). The van der Waals surface area contributed by atoms with Crippen LogP contribution >= 0.6 is 31.9 Å². The molecule has 0 spiro atoms. The van der Waals surface area contributed by atoms with Crippen molar-refractivity contribution in [2.75, 3.05) is 13.1 Å². The van der Waals surface area contributed by atoms with Crippen molar-refractivity contribution in [1.82, 2.24) is 4.90 Å². The van der Waals surface area contributed by atoms with E-state index in [0.717, 1.165) is 17.3 Å². The second-order valence-corrected chi connectivity index (χ2v) is 5.94. The SMILES string of the molecule is CCCCN(CC(N)=O)C(=O)c1ccc(Br)cc1Br. The van der Waals surface area contributed by atoms with Gasteiger partial charge in [-0.1, -0.05) is 29.3 Å². The zero-order chi connectivity index (χ0) is 14.4. The van der Waals surface area contributed by atoms with Gasteiger partial charge in [0.25, 0.3) is 5.91 Å². The standard InChI is InChI=1S/C13H16Br2N2O2/c1-2-3-6-17(8-12(16)18)13(19)10-5-4-9(14)7-11(10)15/h4-5,7H,2-3,6,8H2,1H3,(H2,16,18). The van der Waals surface area contributed by atoms with Crippen LogP contribution in [0.3, 0.4) is 0 Å². The summed E-state index contributed by atoms with van der Waals surface area (Å²) in [5.74, 6) is -0.690. The van der Waals surface area contributed by atoms with E-state index in [1.54, 1.807) is 18.2 Å². The molecule has 19 heavy (non-hydrogen) atoms. The van der Waals surface area contributed by atoms with Crippen molar-refractivity contribution in [3.63, 3.8) is 0 Å². The van der Waals surface area contributed by atoms with Gasteiger partial charge in [-0.2, -0.15) is 0 Å². The fourth-order valence-corrected chi connectivity index (χ4v) is 2.84. The third-order valence-electron chi connectivity index (χ3n) is 2.58. The molecular formula is C13H16Br2N2O2. The molecule has 0 atom stereocenters. The highest BCUT2D eigenvalue weighted by Gasteiger charge is 2.19. The smallest absolute Gasteiger partial charge is 0.255 e. The van der Waals surface area contributed by atoms with Crippen LogP contribution in [0.4, 0.5) is 0 Å². The molecule has 0 aromatic heterocycles. The van der Waals surface area contributed by atoms with Crippen LogP contribution in [0.2, 0.25) is 0 Å². The maximum atomic E-state index is 12.4. The van der Waals surface area contributed by atoms with Crippen molar-refractivity contribution in [2.24, 2.45) is 5.73 Å². The van der Waals surface area contributed by atoms with E-state index in [1.165, 1.54) is 4.90 Å². The monoisotopic (exact) mass is 390 g/mol. The van der Waals surface area contributed by atoms with Crippen LogP contribution in [0.1, 0.15) is 30.1 Å². The highest BCUT2D eigenvalue weighted by Crippen LogP contribution is 2.23. The Hall–Kier alpha value is -0.880. The molecule has 0 heterocycles. The molecular weight excluding hydrogens is 376 g/mol. The van der Waals surface area contributed by atoms with Gasteiger partial charge in [-0.15, -0.1) is 0 Å². The minimum Gasteiger partial charge on any atom is -0.368 e. The molecule has 0 fully saturated rings. The van der Waals surface area contributed by atoms with Crippen molar-refractivity contribution in [2.45, 2.75) is 19.8 Å². The molecule has 2 N–H and O–H groups in total. The lowest BCUT2D eigenvalue weighted by Gasteiger charge is -2.21. The fraction of sp³-hybridized carbons (Fsp3) is 0.385. The Morgan fingerprint density at radius 3 is 2.53 bits per heavy atom. The summed E-state index contributed by atoms with van der Waals surface area (Å²) < 4.78 is 1.57. The van der Waals surface area contributed by atoms with Gasteiger partial charge in [0.15, 0.2) is 0 Å². The van der Waals surface area contributed by atoms with Crippen molar-refractivity contribution >= 4 is 43.7 Å². The predicted molar refractivity (Wildman–Crippen MR) is 81.8 cm³/mol. The number of nitrogens with two attached hydrogens (primary N) is 1. The van der Waals surface area contributed by atoms with Crippen molar-refractivity contribution < 1.29 is 9.59 Å². The summed E-state index contributed by atoms with van der Waals surface area (Å²) in [4.78, 5) is 24.9. The third kappa shape index (κ3) is 4.95. The van der Waals surface area contributed by atoms with Crippen LogP contribution in [-0.4, -0.2) is 29.8 Å². The predicted octanol–water partition coefficient (Wildman–Crippen LogP) is 2.94. The van der Waals surface area contributed by atoms with Gasteiger partial charge in [-0.25, -0.2) is 0 Å². The number of unbranched alkanes of at least 4 members (excludes halogenated alkanes) is 1. The van der Waals surface area contributed by atoms with E-state index in [9.17, 15) is 9.59 Å². The lowest BCUT2D eigenvalue weighted by atomic mass is 10.2. The Morgan fingerprint density at radius 1 is 1.32 bits per heavy atom. The summed E-state index contributed by atoms with van der Waals surface area (Å²) >= 11 is 6.69. The Labute approximate surface area is 129 Å². The third-order valence-corrected chi connectivity index (χ3v) is 3.73. The Kier molecular flexibility index (Phi) is 6.51. The van der Waals surface area contributed by atoms with Gasteiger partial charge in [-0.3, -0.25) is 9.59 Å². The molecule has 0 aliphatic rings. The number of amides is 2. The van der Waals surface area contributed by atoms with Gasteiger partial charge in [-0.05, 0) is 40.5 Å². The zero-order valence-corrected chi connectivity index (χ0v) is 13.8. The van der Waals surface area contributed by atoms with Crippen molar-refractivity contribution in [3.8, 4) is 0 Å². The zero-order valence-electron chi connectivity index (χ0n) is 10.7. The molecule has 0 aliphatic carbocycles. The van der Waals surface area contributed by atoms with E-state index in [1.807, 2.05) is 6.92 Å². The number of primary amides is 1. The highest BCUT2D eigenvalue weighted by molar-refractivity contribution is 9.11. The number of nitrogens with zero attached hydrogens (tertiary/aromatic N) is 1. The van der Waals surface area contributed by atoms with Gasteiger partial charge in [0, 0.05) is 15.5 Å². The molecule has 0 saturated heterocycles. The number of rotatable bonds is 6. The normalized spacial score (nSPS) is 10.3. The van der Waals surface area contributed by atoms with Gasteiger partial charge in [0.05, 0.1) is 12.1 Å². The van der Waals surface area contributed by atoms with Crippen LogP contribution in [0.15, 0.2) is 27.1 Å². The molecule has 104 valence electrons. The summed E-state index contributed by atoms with van der Waals surface area (Å²) in [5, 5.41) is 0. The Balaban J connectivity index is 2.93. The van der Waals surface area contributed by atoms with Crippen LogP contribution in [0.25, 0.3) is 0 Å². The maximum absolute atomic E-state index is 12.4. The summed E-state index contributed by atoms with van der Waals surface area (Å²) in [7, 11) is 0. The largest absolute Gasteiger partial charge is 0.368 e. The van der Waals surface area contributed by atoms with Crippen molar-refractivity contribution in [3.05, 3.63) is 32.7 Å². The van der Waals surface area contributed by atoms with Gasteiger partial charge in [0.2, 0.25) is 5.91 Å². The van der Waals surface area contributed by atoms with Crippen LogP contribution in [0.5, 0.6) is 0 Å². The van der Waals surface area contributed by atoms with E-state index in [2.05, 4.69) is 31.9 Å². The Bertz CT molecular complexity index is 478. The van der Waals surface area contributed by atoms with E-state index < -0.39 is 5.91 Å². The van der Waals surface area contributed by atoms with Gasteiger partial charge in [0.1, 0.15) is 0 Å². The average molecular weight is 392 g/mol. The van der Waals surface area contributed by atoms with E-state index in [4.69, 9.17) is 5.73 Å². The number of benzene rings is 1. The first-order valence-electron chi connectivity index (χ1n) is 5.98. The first kappa shape index (κ1) is 16.2. The number of hydrogen-bond acceptors (Lipinski definition) is 2. The second kappa shape index (κ2) is 7.65. The lowest BCUT2D eigenvalue weighted by Crippen LogP contribution is -2.39. The van der Waals surface area contributed by atoms with Gasteiger partial charge >= 0.3 is 0 Å². The number of hydrogen-bond donors (Lipinski definition) is 1. The summed E-state index contributed by atoms with van der Waals surface area (Å²) in [6, 6.07) is 5.31. The number of carbonyl (C=O) groups is 2. The maximum Gasteiger partial charge on any atom is 0.255 e. The van der Waals surface area contributed by atoms with Crippen LogP contribution in [-0.2, 0) is 4.79 Å². The fourth-order valence-electron chi connectivity index (χ4n) is 1.62. The number of carbonyl (C=O) groups excluding carboxylic acids is 2. The topological polar surface area (TPSA) is 63.4 Å². The molecule has 0 aliphatic heterocycles. The molecule has 1 aromatic carbocycles. The van der Waals surface area contributed by atoms with Gasteiger partial charge < -0.3 is 10.6 Å².